The Morgan fingerprint density at radius 2 is 2.12 bits per heavy atom. The number of benzene rings is 1. The van der Waals surface area contributed by atoms with E-state index in [1.165, 1.54) is 6.26 Å². The van der Waals surface area contributed by atoms with Crippen molar-refractivity contribution in [2.45, 2.75) is 31.3 Å². The van der Waals surface area contributed by atoms with Gasteiger partial charge in [0.1, 0.15) is 17.8 Å². The normalized spacial score (nSPS) is 22.4. The first-order chi connectivity index (χ1) is 12.5. The van der Waals surface area contributed by atoms with Crippen molar-refractivity contribution in [3.05, 3.63) is 59.5 Å². The first kappa shape index (κ1) is 16.4. The van der Waals surface area contributed by atoms with Crippen LogP contribution in [-0.4, -0.2) is 29.3 Å². The van der Waals surface area contributed by atoms with Gasteiger partial charge in [-0.1, -0.05) is 24.3 Å². The molecule has 0 radical (unpaired) electrons. The molecule has 1 spiro atoms. The molecular formula is C19H19N3O4. The van der Waals surface area contributed by atoms with Crippen LogP contribution in [0.1, 0.15) is 36.3 Å². The molecule has 7 nitrogen and oxygen atoms in total. The molecule has 7 heteroatoms. The highest BCUT2D eigenvalue weighted by Gasteiger charge is 2.55. The van der Waals surface area contributed by atoms with Gasteiger partial charge in [-0.05, 0) is 43.0 Å². The number of amides is 4. The number of nitrogens with one attached hydrogen (secondary N) is 2. The van der Waals surface area contributed by atoms with Gasteiger partial charge < -0.3 is 15.1 Å². The maximum absolute atomic E-state index is 13.0. The minimum absolute atomic E-state index is 0.320. The summed E-state index contributed by atoms with van der Waals surface area (Å²) in [6, 6.07) is 10.2. The van der Waals surface area contributed by atoms with Gasteiger partial charge >= 0.3 is 6.03 Å². The molecule has 0 unspecified atom stereocenters. The highest BCUT2D eigenvalue weighted by atomic mass is 16.3. The van der Waals surface area contributed by atoms with E-state index in [0.29, 0.717) is 12.2 Å². The zero-order valence-electron chi connectivity index (χ0n) is 14.3. The molecular weight excluding hydrogens is 334 g/mol. The summed E-state index contributed by atoms with van der Waals surface area (Å²) in [5.74, 6) is -0.175. The summed E-state index contributed by atoms with van der Waals surface area (Å²) in [5.41, 5.74) is 0.838. The van der Waals surface area contributed by atoms with Gasteiger partial charge in [-0.3, -0.25) is 14.5 Å². The minimum Gasteiger partial charge on any atom is -0.467 e. The fraction of sp³-hybridized carbons (Fsp3) is 0.316. The van der Waals surface area contributed by atoms with E-state index in [1.807, 2.05) is 24.3 Å². The Morgan fingerprint density at radius 3 is 2.88 bits per heavy atom. The number of nitrogens with zero attached hydrogens (tertiary/aromatic N) is 1. The second-order valence-corrected chi connectivity index (χ2v) is 6.69. The number of rotatable bonds is 4. The van der Waals surface area contributed by atoms with Crippen molar-refractivity contribution >= 4 is 17.8 Å². The SMILES string of the molecule is C[C@@H](NC(=O)CN1C(=O)N[C@]2(CCc3ccccc32)C1=O)c1ccco1. The van der Waals surface area contributed by atoms with Crippen molar-refractivity contribution in [1.29, 1.82) is 0 Å². The van der Waals surface area contributed by atoms with Crippen molar-refractivity contribution in [2.75, 3.05) is 6.54 Å². The van der Waals surface area contributed by atoms with Gasteiger partial charge in [0, 0.05) is 0 Å². The van der Waals surface area contributed by atoms with Gasteiger partial charge in [-0.2, -0.15) is 0 Å². The third-order valence-corrected chi connectivity index (χ3v) is 5.07. The van der Waals surface area contributed by atoms with Crippen LogP contribution >= 0.6 is 0 Å². The number of urea groups is 1. The Hall–Kier alpha value is -3.09. The standard InChI is InChI=1S/C19H19N3O4/c1-12(15-7-4-10-26-15)20-16(23)11-22-17(24)19(21-18(22)25)9-8-13-5-2-3-6-14(13)19/h2-7,10,12H,8-9,11H2,1H3,(H,20,23)(H,21,25)/t12-,19+/m1/s1. The molecule has 26 heavy (non-hydrogen) atoms. The average molecular weight is 353 g/mol. The highest BCUT2D eigenvalue weighted by Crippen LogP contribution is 2.41. The van der Waals surface area contributed by atoms with Gasteiger partial charge in [-0.25, -0.2) is 4.79 Å². The molecule has 4 rings (SSSR count). The van der Waals surface area contributed by atoms with Gasteiger partial charge in [0.15, 0.2) is 0 Å². The second kappa shape index (κ2) is 6.01. The van der Waals surface area contributed by atoms with Crippen LogP contribution in [-0.2, 0) is 21.5 Å². The molecule has 2 heterocycles. The van der Waals surface area contributed by atoms with E-state index >= 15 is 0 Å². The predicted molar refractivity (Wildman–Crippen MR) is 92.0 cm³/mol. The van der Waals surface area contributed by atoms with E-state index in [0.717, 1.165) is 22.4 Å². The van der Waals surface area contributed by atoms with Crippen LogP contribution in [0.15, 0.2) is 47.1 Å². The zero-order chi connectivity index (χ0) is 18.3. The van der Waals surface area contributed by atoms with Crippen LogP contribution in [0.2, 0.25) is 0 Å². The van der Waals surface area contributed by atoms with Crippen molar-refractivity contribution in [2.24, 2.45) is 0 Å². The molecule has 1 aromatic heterocycles. The number of hydrogen-bond donors (Lipinski definition) is 2. The summed E-state index contributed by atoms with van der Waals surface area (Å²) >= 11 is 0. The number of carbonyl (C=O) groups excluding carboxylic acids is 3. The maximum Gasteiger partial charge on any atom is 0.325 e. The summed E-state index contributed by atoms with van der Waals surface area (Å²) in [4.78, 5) is 38.7. The lowest BCUT2D eigenvalue weighted by molar-refractivity contribution is -0.135. The Kier molecular flexibility index (Phi) is 3.79. The van der Waals surface area contributed by atoms with E-state index in [-0.39, 0.29) is 18.5 Å². The van der Waals surface area contributed by atoms with E-state index < -0.39 is 17.5 Å². The molecule has 1 aliphatic heterocycles. The number of furan rings is 1. The molecule has 1 aromatic carbocycles. The van der Waals surface area contributed by atoms with Crippen LogP contribution in [0.25, 0.3) is 0 Å². The molecule has 1 aliphatic carbocycles. The number of aryl methyl sites for hydroxylation is 1. The summed E-state index contributed by atoms with van der Waals surface area (Å²) in [7, 11) is 0. The number of fused-ring (bicyclic) bond motifs is 2. The van der Waals surface area contributed by atoms with Crippen molar-refractivity contribution < 1.29 is 18.8 Å². The van der Waals surface area contributed by atoms with Crippen LogP contribution < -0.4 is 10.6 Å². The fourth-order valence-electron chi connectivity index (χ4n) is 3.77. The van der Waals surface area contributed by atoms with Gasteiger partial charge in [0.2, 0.25) is 5.91 Å². The first-order valence-corrected chi connectivity index (χ1v) is 8.56. The minimum atomic E-state index is -1.04. The van der Waals surface area contributed by atoms with Crippen LogP contribution in [0.5, 0.6) is 0 Å². The first-order valence-electron chi connectivity index (χ1n) is 8.56. The van der Waals surface area contributed by atoms with Crippen LogP contribution in [0.3, 0.4) is 0 Å². The zero-order valence-corrected chi connectivity index (χ0v) is 14.3. The van der Waals surface area contributed by atoms with Crippen molar-refractivity contribution in [3.8, 4) is 0 Å². The molecule has 2 N–H and O–H groups in total. The third-order valence-electron chi connectivity index (χ3n) is 5.07. The molecule has 1 saturated heterocycles. The quantitative estimate of drug-likeness (QED) is 0.821. The number of hydrogen-bond acceptors (Lipinski definition) is 4. The smallest absolute Gasteiger partial charge is 0.325 e. The lowest BCUT2D eigenvalue weighted by Crippen LogP contribution is -2.44. The van der Waals surface area contributed by atoms with Gasteiger partial charge in [-0.15, -0.1) is 0 Å². The van der Waals surface area contributed by atoms with E-state index in [4.69, 9.17) is 4.42 Å². The molecule has 0 saturated carbocycles. The Balaban J connectivity index is 1.49. The number of imide groups is 1. The van der Waals surface area contributed by atoms with E-state index in [2.05, 4.69) is 10.6 Å². The second-order valence-electron chi connectivity index (χ2n) is 6.69. The van der Waals surface area contributed by atoms with Crippen molar-refractivity contribution in [1.82, 2.24) is 15.5 Å². The monoisotopic (exact) mass is 353 g/mol. The fourth-order valence-corrected chi connectivity index (χ4v) is 3.77. The van der Waals surface area contributed by atoms with E-state index in [9.17, 15) is 14.4 Å². The Labute approximate surface area is 150 Å². The number of carbonyl (C=O) groups is 3. The molecule has 1 fully saturated rings. The molecule has 4 amide bonds. The third kappa shape index (κ3) is 2.47. The molecule has 2 atom stereocenters. The molecule has 2 aromatic rings. The van der Waals surface area contributed by atoms with E-state index in [1.54, 1.807) is 19.1 Å². The van der Waals surface area contributed by atoms with Crippen molar-refractivity contribution in [3.63, 3.8) is 0 Å². The Bertz CT molecular complexity index is 877. The Morgan fingerprint density at radius 1 is 1.31 bits per heavy atom. The molecule has 134 valence electrons. The van der Waals surface area contributed by atoms with Crippen LogP contribution in [0.4, 0.5) is 4.79 Å². The summed E-state index contributed by atoms with van der Waals surface area (Å²) in [5, 5.41) is 5.55. The van der Waals surface area contributed by atoms with Gasteiger partial charge in [0.25, 0.3) is 5.91 Å². The lowest BCUT2D eigenvalue weighted by atomic mass is 9.92. The summed E-state index contributed by atoms with van der Waals surface area (Å²) in [6.07, 6.45) is 2.76. The summed E-state index contributed by atoms with van der Waals surface area (Å²) < 4.78 is 5.25. The maximum atomic E-state index is 13.0. The molecule has 2 aliphatic rings. The largest absolute Gasteiger partial charge is 0.467 e. The lowest BCUT2D eigenvalue weighted by Gasteiger charge is -2.22. The van der Waals surface area contributed by atoms with Crippen LogP contribution in [0, 0.1) is 0 Å². The van der Waals surface area contributed by atoms with Gasteiger partial charge in [0.05, 0.1) is 12.3 Å². The summed E-state index contributed by atoms with van der Waals surface area (Å²) in [6.45, 7) is 1.46. The average Bonchev–Trinajstić information content (AvgIpc) is 3.32. The topological polar surface area (TPSA) is 91.7 Å². The predicted octanol–water partition coefficient (Wildman–Crippen LogP) is 1.85. The highest BCUT2D eigenvalue weighted by molar-refractivity contribution is 6.09. The molecule has 0 bridgehead atoms.